The van der Waals surface area contributed by atoms with Gasteiger partial charge in [0.25, 0.3) is 5.91 Å². The Morgan fingerprint density at radius 1 is 1.08 bits per heavy atom. The second-order valence-electron chi connectivity index (χ2n) is 5.01. The van der Waals surface area contributed by atoms with Crippen molar-refractivity contribution >= 4 is 22.0 Å². The van der Waals surface area contributed by atoms with Gasteiger partial charge in [-0.15, -0.1) is 0 Å². The Hall–Kier alpha value is -2.88. The molecule has 2 aromatic carbocycles. The number of hydrogen-bond acceptors (Lipinski definition) is 3. The Kier molecular flexibility index (Phi) is 6.52. The van der Waals surface area contributed by atoms with Crippen molar-refractivity contribution in [3.8, 4) is 11.8 Å². The van der Waals surface area contributed by atoms with Crippen molar-refractivity contribution in [2.24, 2.45) is 0 Å². The molecule has 0 aliphatic carbocycles. The SMILES string of the molecule is CNC(=O)c1ccccc1C#CCNS(=O)(=O)/C=C/c1ccccc1. The summed E-state index contributed by atoms with van der Waals surface area (Å²) >= 11 is 0. The van der Waals surface area contributed by atoms with Gasteiger partial charge in [0.1, 0.15) is 0 Å². The van der Waals surface area contributed by atoms with Gasteiger partial charge in [-0.25, -0.2) is 8.42 Å². The van der Waals surface area contributed by atoms with Gasteiger partial charge in [-0.1, -0.05) is 54.3 Å². The van der Waals surface area contributed by atoms with Gasteiger partial charge in [0.2, 0.25) is 10.0 Å². The number of benzene rings is 2. The molecule has 0 aliphatic rings. The summed E-state index contributed by atoms with van der Waals surface area (Å²) in [4.78, 5) is 11.7. The smallest absolute Gasteiger partial charge is 0.252 e. The molecule has 0 fully saturated rings. The molecule has 6 heteroatoms. The maximum atomic E-state index is 11.9. The van der Waals surface area contributed by atoms with E-state index < -0.39 is 10.0 Å². The molecule has 0 unspecified atom stereocenters. The van der Waals surface area contributed by atoms with E-state index in [1.165, 1.54) is 6.08 Å². The molecule has 25 heavy (non-hydrogen) atoms. The topological polar surface area (TPSA) is 75.3 Å². The van der Waals surface area contributed by atoms with Crippen LogP contribution in [0, 0.1) is 11.8 Å². The summed E-state index contributed by atoms with van der Waals surface area (Å²) in [6.07, 6.45) is 1.51. The quantitative estimate of drug-likeness (QED) is 0.807. The van der Waals surface area contributed by atoms with Crippen molar-refractivity contribution in [2.45, 2.75) is 0 Å². The fourth-order valence-corrected chi connectivity index (χ4v) is 2.69. The zero-order valence-electron chi connectivity index (χ0n) is 13.7. The number of sulfonamides is 1. The van der Waals surface area contributed by atoms with Crippen molar-refractivity contribution < 1.29 is 13.2 Å². The van der Waals surface area contributed by atoms with Crippen LogP contribution < -0.4 is 10.0 Å². The third kappa shape index (κ3) is 5.92. The van der Waals surface area contributed by atoms with Crippen molar-refractivity contribution in [2.75, 3.05) is 13.6 Å². The first-order valence-electron chi connectivity index (χ1n) is 7.54. The molecule has 0 heterocycles. The van der Waals surface area contributed by atoms with Crippen LogP contribution in [0.3, 0.4) is 0 Å². The standard InChI is InChI=1S/C19H18N2O3S/c1-20-19(22)18-12-6-5-10-17(18)11-7-14-21-25(23,24)15-13-16-8-3-2-4-9-16/h2-6,8-10,12-13,15,21H,14H2,1H3,(H,20,22)/b15-13+. The minimum absolute atomic E-state index is 0.0520. The van der Waals surface area contributed by atoms with E-state index in [2.05, 4.69) is 21.9 Å². The van der Waals surface area contributed by atoms with Crippen LogP contribution in [0.2, 0.25) is 0 Å². The summed E-state index contributed by atoms with van der Waals surface area (Å²) in [7, 11) is -2.04. The second-order valence-corrected chi connectivity index (χ2v) is 6.66. The van der Waals surface area contributed by atoms with Gasteiger partial charge in [0, 0.05) is 18.0 Å². The number of rotatable bonds is 5. The summed E-state index contributed by atoms with van der Waals surface area (Å²) in [6, 6.07) is 16.0. The van der Waals surface area contributed by atoms with E-state index in [4.69, 9.17) is 0 Å². The Morgan fingerprint density at radius 3 is 2.48 bits per heavy atom. The molecular formula is C19H18N2O3S. The molecule has 0 atom stereocenters. The molecule has 128 valence electrons. The summed E-state index contributed by atoms with van der Waals surface area (Å²) in [5.74, 6) is 5.29. The molecule has 1 amide bonds. The first-order valence-corrected chi connectivity index (χ1v) is 9.09. The van der Waals surface area contributed by atoms with E-state index in [1.807, 2.05) is 30.3 Å². The Labute approximate surface area is 147 Å². The van der Waals surface area contributed by atoms with Crippen molar-refractivity contribution in [3.63, 3.8) is 0 Å². The normalized spacial score (nSPS) is 10.9. The molecule has 0 saturated heterocycles. The van der Waals surface area contributed by atoms with Gasteiger partial charge in [-0.2, -0.15) is 4.72 Å². The largest absolute Gasteiger partial charge is 0.355 e. The average Bonchev–Trinajstić information content (AvgIpc) is 2.64. The lowest BCUT2D eigenvalue weighted by molar-refractivity contribution is 0.0963. The minimum atomic E-state index is -3.58. The zero-order valence-corrected chi connectivity index (χ0v) is 14.5. The molecular weight excluding hydrogens is 336 g/mol. The fraction of sp³-hybridized carbons (Fsp3) is 0.105. The van der Waals surface area contributed by atoms with Crippen LogP contribution in [-0.4, -0.2) is 27.9 Å². The van der Waals surface area contributed by atoms with Crippen LogP contribution in [0.4, 0.5) is 0 Å². The third-order valence-corrected chi connectivity index (χ3v) is 4.26. The van der Waals surface area contributed by atoms with E-state index in [-0.39, 0.29) is 12.5 Å². The number of carbonyl (C=O) groups excluding carboxylic acids is 1. The van der Waals surface area contributed by atoms with E-state index >= 15 is 0 Å². The molecule has 0 saturated carbocycles. The molecule has 0 aliphatic heterocycles. The van der Waals surface area contributed by atoms with Crippen LogP contribution >= 0.6 is 0 Å². The average molecular weight is 354 g/mol. The van der Waals surface area contributed by atoms with Gasteiger partial charge in [-0.3, -0.25) is 4.79 Å². The van der Waals surface area contributed by atoms with Crippen molar-refractivity contribution in [1.82, 2.24) is 10.0 Å². The highest BCUT2D eigenvalue weighted by atomic mass is 32.2. The van der Waals surface area contributed by atoms with Crippen molar-refractivity contribution in [3.05, 3.63) is 76.7 Å². The first kappa shape index (κ1) is 18.5. The fourth-order valence-electron chi connectivity index (χ4n) is 1.98. The summed E-state index contributed by atoms with van der Waals surface area (Å²) < 4.78 is 26.2. The maximum Gasteiger partial charge on any atom is 0.252 e. The molecule has 5 nitrogen and oxygen atoms in total. The van der Waals surface area contributed by atoms with Crippen molar-refractivity contribution in [1.29, 1.82) is 0 Å². The Morgan fingerprint density at radius 2 is 1.76 bits per heavy atom. The second kappa shape index (κ2) is 8.83. The van der Waals surface area contributed by atoms with E-state index in [1.54, 1.807) is 31.3 Å². The van der Waals surface area contributed by atoms with Gasteiger partial charge in [-0.05, 0) is 23.8 Å². The predicted octanol–water partition coefficient (Wildman–Crippen LogP) is 1.99. The van der Waals surface area contributed by atoms with Gasteiger partial charge in [0.05, 0.1) is 12.1 Å². The molecule has 2 aromatic rings. The Balaban J connectivity index is 2.01. The highest BCUT2D eigenvalue weighted by Gasteiger charge is 2.07. The van der Waals surface area contributed by atoms with E-state index in [0.717, 1.165) is 11.0 Å². The van der Waals surface area contributed by atoms with Crippen LogP contribution in [0.15, 0.2) is 60.0 Å². The monoisotopic (exact) mass is 354 g/mol. The molecule has 2 N–H and O–H groups in total. The van der Waals surface area contributed by atoms with Crippen LogP contribution in [0.1, 0.15) is 21.5 Å². The molecule has 0 aromatic heterocycles. The highest BCUT2D eigenvalue weighted by molar-refractivity contribution is 7.92. The molecule has 0 bridgehead atoms. The summed E-state index contributed by atoms with van der Waals surface area (Å²) in [5, 5.41) is 3.64. The lowest BCUT2D eigenvalue weighted by Gasteiger charge is -2.02. The van der Waals surface area contributed by atoms with Crippen LogP contribution in [0.25, 0.3) is 6.08 Å². The highest BCUT2D eigenvalue weighted by Crippen LogP contribution is 2.06. The maximum absolute atomic E-state index is 11.9. The zero-order chi connectivity index (χ0) is 18.1. The number of amides is 1. The molecule has 2 rings (SSSR count). The number of nitrogens with one attached hydrogen (secondary N) is 2. The van der Waals surface area contributed by atoms with Gasteiger partial charge >= 0.3 is 0 Å². The molecule has 0 radical (unpaired) electrons. The van der Waals surface area contributed by atoms with Crippen LogP contribution in [-0.2, 0) is 10.0 Å². The van der Waals surface area contributed by atoms with Crippen LogP contribution in [0.5, 0.6) is 0 Å². The number of carbonyl (C=O) groups is 1. The van der Waals surface area contributed by atoms with Gasteiger partial charge < -0.3 is 5.32 Å². The summed E-state index contributed by atoms with van der Waals surface area (Å²) in [5.41, 5.74) is 1.78. The third-order valence-electron chi connectivity index (χ3n) is 3.22. The molecule has 0 spiro atoms. The van der Waals surface area contributed by atoms with E-state index in [0.29, 0.717) is 11.1 Å². The van der Waals surface area contributed by atoms with E-state index in [9.17, 15) is 13.2 Å². The predicted molar refractivity (Wildman–Crippen MR) is 99.1 cm³/mol. The van der Waals surface area contributed by atoms with Gasteiger partial charge in [0.15, 0.2) is 0 Å². The summed E-state index contributed by atoms with van der Waals surface area (Å²) in [6.45, 7) is -0.0520. The minimum Gasteiger partial charge on any atom is -0.355 e. The first-order chi connectivity index (χ1) is 12.0. The lowest BCUT2D eigenvalue weighted by atomic mass is 10.1. The number of hydrogen-bond donors (Lipinski definition) is 2. The lowest BCUT2D eigenvalue weighted by Crippen LogP contribution is -2.21. The Bertz CT molecular complexity index is 924.